The van der Waals surface area contributed by atoms with Gasteiger partial charge in [0.1, 0.15) is 17.5 Å². The first-order chi connectivity index (χ1) is 13.7. The molecule has 0 spiro atoms. The third kappa shape index (κ3) is 3.93. The fraction of sp³-hybridized carbons (Fsp3) is 0.429. The number of amides is 2. The van der Waals surface area contributed by atoms with E-state index in [0.717, 1.165) is 11.3 Å². The molecule has 0 bridgehead atoms. The lowest BCUT2D eigenvalue weighted by atomic mass is 9.78. The number of hydrogen-bond acceptors (Lipinski definition) is 6. The van der Waals surface area contributed by atoms with Gasteiger partial charge in [-0.1, -0.05) is 6.92 Å². The summed E-state index contributed by atoms with van der Waals surface area (Å²) in [6.07, 6.45) is 2.38. The smallest absolute Gasteiger partial charge is 0.267 e. The summed E-state index contributed by atoms with van der Waals surface area (Å²) in [4.78, 5) is 32.7. The van der Waals surface area contributed by atoms with Crippen molar-refractivity contribution < 1.29 is 19.1 Å². The maximum absolute atomic E-state index is 13.2. The third-order valence-corrected chi connectivity index (χ3v) is 5.61. The van der Waals surface area contributed by atoms with Crippen LogP contribution < -0.4 is 15.8 Å². The second-order valence-corrected chi connectivity index (χ2v) is 7.76. The average molecular weight is 398 g/mol. The van der Waals surface area contributed by atoms with Gasteiger partial charge in [0.05, 0.1) is 18.4 Å². The van der Waals surface area contributed by atoms with Gasteiger partial charge in [0.2, 0.25) is 0 Å². The number of nitrogens with two attached hydrogens (primary N) is 1. The summed E-state index contributed by atoms with van der Waals surface area (Å²) in [7, 11) is 1.59. The number of ether oxygens (including phenoxy) is 2. The molecule has 1 saturated heterocycles. The van der Waals surface area contributed by atoms with Crippen LogP contribution in [0, 0.1) is 12.8 Å². The van der Waals surface area contributed by atoms with Crippen molar-refractivity contribution in [2.75, 3.05) is 12.4 Å². The number of primary amides is 1. The standard InChI is InChI=1S/C21H26N4O4/c1-11-16(14-7-9-23-12(2)17(14)28-5)18(29-21(11,3)4)20(27)25-13-6-8-24-15(10-13)19(22)26/h6-11,16,18H,1-5H3,(H2,22,26)(H,24,25,27)/t11-,16-,18+/m0/s1. The topological polar surface area (TPSA) is 116 Å². The molecule has 0 aliphatic carbocycles. The molecule has 2 aromatic rings. The first kappa shape index (κ1) is 20.7. The van der Waals surface area contributed by atoms with Gasteiger partial charge in [0.25, 0.3) is 11.8 Å². The van der Waals surface area contributed by atoms with Crippen molar-refractivity contribution >= 4 is 17.5 Å². The number of anilines is 1. The predicted molar refractivity (Wildman–Crippen MR) is 108 cm³/mol. The molecule has 1 fully saturated rings. The lowest BCUT2D eigenvalue weighted by Gasteiger charge is -2.26. The Balaban J connectivity index is 1.96. The second kappa shape index (κ2) is 7.79. The largest absolute Gasteiger partial charge is 0.495 e. The quantitative estimate of drug-likeness (QED) is 0.799. The predicted octanol–water partition coefficient (Wildman–Crippen LogP) is 2.43. The van der Waals surface area contributed by atoms with Crippen LogP contribution in [0.1, 0.15) is 48.4 Å². The first-order valence-electron chi connectivity index (χ1n) is 9.39. The van der Waals surface area contributed by atoms with Gasteiger partial charge in [-0.3, -0.25) is 19.6 Å². The zero-order valence-electron chi connectivity index (χ0n) is 17.2. The molecular weight excluding hydrogens is 372 g/mol. The zero-order chi connectivity index (χ0) is 21.3. The minimum Gasteiger partial charge on any atom is -0.495 e. The summed E-state index contributed by atoms with van der Waals surface area (Å²) < 4.78 is 11.8. The fourth-order valence-corrected chi connectivity index (χ4v) is 3.81. The van der Waals surface area contributed by atoms with E-state index in [1.807, 2.05) is 26.8 Å². The maximum Gasteiger partial charge on any atom is 0.267 e. The van der Waals surface area contributed by atoms with Crippen LogP contribution in [-0.2, 0) is 9.53 Å². The van der Waals surface area contributed by atoms with Crippen molar-refractivity contribution in [2.45, 2.75) is 45.3 Å². The van der Waals surface area contributed by atoms with Gasteiger partial charge in [0, 0.05) is 29.6 Å². The number of carbonyl (C=O) groups is 2. The Morgan fingerprint density at radius 1 is 1.24 bits per heavy atom. The van der Waals surface area contributed by atoms with Crippen LogP contribution in [0.25, 0.3) is 0 Å². The van der Waals surface area contributed by atoms with Gasteiger partial charge < -0.3 is 20.5 Å². The summed E-state index contributed by atoms with van der Waals surface area (Å²) >= 11 is 0. The number of pyridine rings is 2. The molecule has 0 saturated carbocycles. The number of nitrogens with zero attached hydrogens (tertiary/aromatic N) is 2. The van der Waals surface area contributed by atoms with Gasteiger partial charge in [-0.05, 0) is 44.9 Å². The van der Waals surface area contributed by atoms with Crippen LogP contribution in [0.15, 0.2) is 30.6 Å². The van der Waals surface area contributed by atoms with Gasteiger partial charge in [0.15, 0.2) is 0 Å². The van der Waals surface area contributed by atoms with E-state index in [1.54, 1.807) is 19.4 Å². The molecule has 0 radical (unpaired) electrons. The minimum atomic E-state index is -0.749. The van der Waals surface area contributed by atoms with E-state index >= 15 is 0 Å². The number of aromatic nitrogens is 2. The highest BCUT2D eigenvalue weighted by molar-refractivity contribution is 5.97. The van der Waals surface area contributed by atoms with Gasteiger partial charge in [-0.25, -0.2) is 0 Å². The number of methoxy groups -OCH3 is 1. The number of nitrogens with one attached hydrogen (secondary N) is 1. The fourth-order valence-electron chi connectivity index (χ4n) is 3.81. The molecule has 2 aromatic heterocycles. The molecule has 1 aliphatic rings. The van der Waals surface area contributed by atoms with Crippen LogP contribution in [0.3, 0.4) is 0 Å². The Bertz CT molecular complexity index is 944. The Morgan fingerprint density at radius 3 is 2.59 bits per heavy atom. The van der Waals surface area contributed by atoms with Crippen molar-refractivity contribution in [1.82, 2.24) is 9.97 Å². The van der Waals surface area contributed by atoms with E-state index in [9.17, 15) is 9.59 Å². The Kier molecular flexibility index (Phi) is 5.57. The van der Waals surface area contributed by atoms with Crippen molar-refractivity contribution in [3.05, 3.63) is 47.5 Å². The van der Waals surface area contributed by atoms with Gasteiger partial charge >= 0.3 is 0 Å². The number of aryl methyl sites for hydroxylation is 1. The number of rotatable bonds is 5. The average Bonchev–Trinajstić information content (AvgIpc) is 2.91. The van der Waals surface area contributed by atoms with Crippen LogP contribution in [0.4, 0.5) is 5.69 Å². The summed E-state index contributed by atoms with van der Waals surface area (Å²) in [5.74, 6) is -0.525. The minimum absolute atomic E-state index is 0.0348. The molecule has 3 rings (SSSR count). The van der Waals surface area contributed by atoms with Crippen LogP contribution >= 0.6 is 0 Å². The summed E-state index contributed by atoms with van der Waals surface area (Å²) in [6, 6.07) is 4.91. The molecule has 29 heavy (non-hydrogen) atoms. The van der Waals surface area contributed by atoms with Crippen molar-refractivity contribution in [3.63, 3.8) is 0 Å². The molecule has 154 valence electrons. The number of carbonyl (C=O) groups excluding carboxylic acids is 2. The summed E-state index contributed by atoms with van der Waals surface area (Å²) in [6.45, 7) is 7.86. The van der Waals surface area contributed by atoms with Gasteiger partial charge in [-0.2, -0.15) is 0 Å². The first-order valence-corrected chi connectivity index (χ1v) is 9.39. The highest BCUT2D eigenvalue weighted by Gasteiger charge is 2.51. The molecular formula is C21H26N4O4. The van der Waals surface area contributed by atoms with E-state index < -0.39 is 17.6 Å². The van der Waals surface area contributed by atoms with E-state index in [0.29, 0.717) is 11.4 Å². The second-order valence-electron chi connectivity index (χ2n) is 7.76. The Hall–Kier alpha value is -3.00. The van der Waals surface area contributed by atoms with Crippen LogP contribution in [-0.4, -0.2) is 40.6 Å². The monoisotopic (exact) mass is 398 g/mol. The van der Waals surface area contributed by atoms with E-state index in [1.165, 1.54) is 12.3 Å². The summed E-state index contributed by atoms with van der Waals surface area (Å²) in [5, 5.41) is 2.82. The molecule has 8 heteroatoms. The molecule has 8 nitrogen and oxygen atoms in total. The van der Waals surface area contributed by atoms with Crippen LogP contribution in [0.5, 0.6) is 5.75 Å². The lowest BCUT2D eigenvalue weighted by molar-refractivity contribution is -0.131. The SMILES string of the molecule is COc1c([C@H]2[C@H](C(=O)Nc3ccnc(C(N)=O)c3)OC(C)(C)[C@H]2C)ccnc1C. The maximum atomic E-state index is 13.2. The number of hydrogen-bond donors (Lipinski definition) is 2. The highest BCUT2D eigenvalue weighted by Crippen LogP contribution is 2.48. The lowest BCUT2D eigenvalue weighted by Crippen LogP contribution is -2.33. The molecule has 2 amide bonds. The summed E-state index contributed by atoms with van der Waals surface area (Å²) in [5.41, 5.74) is 6.89. The normalized spacial score (nSPS) is 22.9. The molecule has 0 unspecified atom stereocenters. The van der Waals surface area contributed by atoms with Crippen molar-refractivity contribution in [1.29, 1.82) is 0 Å². The molecule has 0 aromatic carbocycles. The molecule has 3 N–H and O–H groups in total. The van der Waals surface area contributed by atoms with Gasteiger partial charge in [-0.15, -0.1) is 0 Å². The van der Waals surface area contributed by atoms with Crippen molar-refractivity contribution in [3.8, 4) is 5.75 Å². The molecule has 3 heterocycles. The zero-order valence-corrected chi connectivity index (χ0v) is 17.2. The van der Waals surface area contributed by atoms with E-state index in [2.05, 4.69) is 22.2 Å². The van der Waals surface area contributed by atoms with E-state index in [-0.39, 0.29) is 23.4 Å². The Labute approximate surface area is 169 Å². The highest BCUT2D eigenvalue weighted by atomic mass is 16.5. The van der Waals surface area contributed by atoms with Crippen LogP contribution in [0.2, 0.25) is 0 Å². The molecule has 3 atom stereocenters. The van der Waals surface area contributed by atoms with E-state index in [4.69, 9.17) is 15.2 Å². The molecule has 1 aliphatic heterocycles. The Morgan fingerprint density at radius 2 is 1.93 bits per heavy atom. The van der Waals surface area contributed by atoms with Crippen molar-refractivity contribution in [2.24, 2.45) is 11.7 Å². The third-order valence-electron chi connectivity index (χ3n) is 5.61.